The Morgan fingerprint density at radius 2 is 2.00 bits per heavy atom. The van der Waals surface area contributed by atoms with Crippen LogP contribution in [0.25, 0.3) is 10.4 Å². The molecule has 0 aromatic carbocycles. The van der Waals surface area contributed by atoms with Gasteiger partial charge in [-0.25, -0.2) is 4.98 Å². The van der Waals surface area contributed by atoms with Gasteiger partial charge in [0.2, 0.25) is 0 Å². The maximum atomic E-state index is 4.19. The Morgan fingerprint density at radius 1 is 1.25 bits per heavy atom. The van der Waals surface area contributed by atoms with Gasteiger partial charge in [-0.2, -0.15) is 0 Å². The minimum Gasteiger partial charge on any atom is -0.265 e. The quantitative estimate of drug-likeness (QED) is 0.667. The maximum Gasteiger partial charge on any atom is 0.0900 e. The molecule has 2 nitrogen and oxygen atoms in total. The zero-order valence-corrected chi connectivity index (χ0v) is 7.51. The van der Waals surface area contributed by atoms with Crippen molar-refractivity contribution in [3.8, 4) is 10.4 Å². The molecule has 0 spiro atoms. The van der Waals surface area contributed by atoms with Gasteiger partial charge in [-0.05, 0) is 24.6 Å². The molecule has 3 heteroatoms. The molecule has 2 aromatic heterocycles. The van der Waals surface area contributed by atoms with E-state index in [0.29, 0.717) is 0 Å². The fraction of sp³-hybridized carbons (Fsp3) is 0.111. The van der Waals surface area contributed by atoms with E-state index in [4.69, 9.17) is 0 Å². The summed E-state index contributed by atoms with van der Waals surface area (Å²) in [6.07, 6.45) is 5.49. The predicted molar refractivity (Wildman–Crippen MR) is 50.1 cm³/mol. The van der Waals surface area contributed by atoms with Crippen LogP contribution in [0.5, 0.6) is 0 Å². The second kappa shape index (κ2) is 3.03. The summed E-state index contributed by atoms with van der Waals surface area (Å²) in [5.41, 5.74) is 1.19. The van der Waals surface area contributed by atoms with Crippen molar-refractivity contribution in [2.45, 2.75) is 6.92 Å². The SMILES string of the molecule is Cc1ncc(-c2ccncc2)s1. The largest absolute Gasteiger partial charge is 0.265 e. The van der Waals surface area contributed by atoms with Crippen LogP contribution in [-0.4, -0.2) is 9.97 Å². The fourth-order valence-electron chi connectivity index (χ4n) is 1.01. The van der Waals surface area contributed by atoms with Gasteiger partial charge in [0.1, 0.15) is 0 Å². The predicted octanol–water partition coefficient (Wildman–Crippen LogP) is 2.51. The molecule has 0 saturated carbocycles. The minimum atomic E-state index is 1.10. The number of nitrogens with zero attached hydrogens (tertiary/aromatic N) is 2. The van der Waals surface area contributed by atoms with Crippen LogP contribution in [0.4, 0.5) is 0 Å². The Labute approximate surface area is 74.9 Å². The highest BCUT2D eigenvalue weighted by molar-refractivity contribution is 7.15. The zero-order chi connectivity index (χ0) is 8.39. The van der Waals surface area contributed by atoms with Crippen LogP contribution in [0.3, 0.4) is 0 Å². The normalized spacial score (nSPS) is 10.1. The van der Waals surface area contributed by atoms with Gasteiger partial charge in [-0.15, -0.1) is 11.3 Å². The van der Waals surface area contributed by atoms with Gasteiger partial charge in [0.15, 0.2) is 0 Å². The van der Waals surface area contributed by atoms with Crippen molar-refractivity contribution in [2.75, 3.05) is 0 Å². The lowest BCUT2D eigenvalue weighted by atomic mass is 10.2. The first kappa shape index (κ1) is 7.43. The lowest BCUT2D eigenvalue weighted by Gasteiger charge is -1.92. The van der Waals surface area contributed by atoms with Crippen LogP contribution in [0, 0.1) is 6.92 Å². The standard InChI is InChI=1S/C9H8N2S/c1-7-11-6-9(12-7)8-2-4-10-5-3-8/h2-6H,1H3. The minimum absolute atomic E-state index is 1.10. The molecule has 0 bridgehead atoms. The molecule has 0 N–H and O–H groups in total. The van der Waals surface area contributed by atoms with Crippen LogP contribution in [0.2, 0.25) is 0 Å². The monoisotopic (exact) mass is 176 g/mol. The molecule has 0 radical (unpaired) electrons. The van der Waals surface area contributed by atoms with Gasteiger partial charge in [0.05, 0.1) is 9.88 Å². The summed E-state index contributed by atoms with van der Waals surface area (Å²) < 4.78 is 0. The first-order chi connectivity index (χ1) is 5.86. The van der Waals surface area contributed by atoms with Crippen LogP contribution >= 0.6 is 11.3 Å². The molecule has 0 saturated heterocycles. The molecule has 60 valence electrons. The maximum absolute atomic E-state index is 4.19. The molecule has 2 heterocycles. The molecule has 0 fully saturated rings. The van der Waals surface area contributed by atoms with Gasteiger partial charge in [0, 0.05) is 18.6 Å². The molecule has 2 aromatic rings. The third kappa shape index (κ3) is 1.36. The first-order valence-corrected chi connectivity index (χ1v) is 4.51. The summed E-state index contributed by atoms with van der Waals surface area (Å²) >= 11 is 1.70. The van der Waals surface area contributed by atoms with Crippen molar-refractivity contribution < 1.29 is 0 Å². The smallest absolute Gasteiger partial charge is 0.0900 e. The highest BCUT2D eigenvalue weighted by Crippen LogP contribution is 2.24. The Morgan fingerprint density at radius 3 is 2.58 bits per heavy atom. The van der Waals surface area contributed by atoms with E-state index in [-0.39, 0.29) is 0 Å². The second-order valence-electron chi connectivity index (χ2n) is 2.48. The van der Waals surface area contributed by atoms with E-state index >= 15 is 0 Å². The average Bonchev–Trinajstić information content (AvgIpc) is 2.54. The van der Waals surface area contributed by atoms with E-state index in [1.165, 1.54) is 10.4 Å². The molecule has 0 atom stereocenters. The van der Waals surface area contributed by atoms with E-state index < -0.39 is 0 Å². The number of hydrogen-bond donors (Lipinski definition) is 0. The Kier molecular flexibility index (Phi) is 1.87. The lowest BCUT2D eigenvalue weighted by Crippen LogP contribution is -1.71. The zero-order valence-electron chi connectivity index (χ0n) is 6.69. The first-order valence-electron chi connectivity index (χ1n) is 3.69. The summed E-state index contributed by atoms with van der Waals surface area (Å²) in [5, 5.41) is 1.10. The topological polar surface area (TPSA) is 25.8 Å². The van der Waals surface area contributed by atoms with Crippen LogP contribution in [0.15, 0.2) is 30.7 Å². The van der Waals surface area contributed by atoms with Crippen LogP contribution < -0.4 is 0 Å². The van der Waals surface area contributed by atoms with E-state index in [9.17, 15) is 0 Å². The Bertz CT molecular complexity index is 367. The fourth-order valence-corrected chi connectivity index (χ4v) is 1.79. The van der Waals surface area contributed by atoms with Crippen molar-refractivity contribution in [3.05, 3.63) is 35.7 Å². The van der Waals surface area contributed by atoms with Crippen molar-refractivity contribution in [3.63, 3.8) is 0 Å². The molecule has 0 amide bonds. The molecule has 12 heavy (non-hydrogen) atoms. The van der Waals surface area contributed by atoms with Crippen molar-refractivity contribution in [1.29, 1.82) is 0 Å². The summed E-state index contributed by atoms with van der Waals surface area (Å²) in [7, 11) is 0. The summed E-state index contributed by atoms with van der Waals surface area (Å²) in [6.45, 7) is 2.01. The number of pyridine rings is 1. The number of rotatable bonds is 1. The van der Waals surface area contributed by atoms with Crippen molar-refractivity contribution in [2.24, 2.45) is 0 Å². The summed E-state index contributed by atoms with van der Waals surface area (Å²) in [4.78, 5) is 9.36. The van der Waals surface area contributed by atoms with Crippen molar-refractivity contribution >= 4 is 11.3 Å². The number of aromatic nitrogens is 2. The van der Waals surface area contributed by atoms with E-state index in [1.807, 2.05) is 25.3 Å². The molecular formula is C9H8N2S. The van der Waals surface area contributed by atoms with Gasteiger partial charge in [-0.1, -0.05) is 0 Å². The van der Waals surface area contributed by atoms with E-state index in [0.717, 1.165) is 5.01 Å². The highest BCUT2D eigenvalue weighted by atomic mass is 32.1. The number of hydrogen-bond acceptors (Lipinski definition) is 3. The number of aryl methyl sites for hydroxylation is 1. The average molecular weight is 176 g/mol. The highest BCUT2D eigenvalue weighted by Gasteiger charge is 1.99. The van der Waals surface area contributed by atoms with Crippen LogP contribution in [0.1, 0.15) is 5.01 Å². The summed E-state index contributed by atoms with van der Waals surface area (Å²) in [5.74, 6) is 0. The molecule has 0 aliphatic rings. The molecule has 0 aliphatic heterocycles. The molecule has 2 rings (SSSR count). The van der Waals surface area contributed by atoms with E-state index in [2.05, 4.69) is 9.97 Å². The summed E-state index contributed by atoms with van der Waals surface area (Å²) in [6, 6.07) is 3.99. The van der Waals surface area contributed by atoms with Gasteiger partial charge in [0.25, 0.3) is 0 Å². The molecule has 0 unspecified atom stereocenters. The lowest BCUT2D eigenvalue weighted by molar-refractivity contribution is 1.29. The van der Waals surface area contributed by atoms with Gasteiger partial charge in [-0.3, -0.25) is 4.98 Å². The van der Waals surface area contributed by atoms with E-state index in [1.54, 1.807) is 23.7 Å². The van der Waals surface area contributed by atoms with Crippen LogP contribution in [-0.2, 0) is 0 Å². The van der Waals surface area contributed by atoms with Crippen molar-refractivity contribution in [1.82, 2.24) is 9.97 Å². The third-order valence-corrected chi connectivity index (χ3v) is 2.55. The molecular weight excluding hydrogens is 168 g/mol. The Balaban J connectivity index is 2.45. The second-order valence-corrected chi connectivity index (χ2v) is 3.71. The number of thiazole rings is 1. The van der Waals surface area contributed by atoms with Gasteiger partial charge >= 0.3 is 0 Å². The Hall–Kier alpha value is -1.22. The molecule has 0 aliphatic carbocycles. The third-order valence-electron chi connectivity index (χ3n) is 1.59. The van der Waals surface area contributed by atoms with Gasteiger partial charge < -0.3 is 0 Å².